The van der Waals surface area contributed by atoms with Gasteiger partial charge in [-0.05, 0) is 37.6 Å². The number of nitrogens with zero attached hydrogens (tertiary/aromatic N) is 1. The molecule has 5 heteroatoms. The van der Waals surface area contributed by atoms with Gasteiger partial charge in [0.15, 0.2) is 0 Å². The summed E-state index contributed by atoms with van der Waals surface area (Å²) in [6.45, 7) is 3.60. The van der Waals surface area contributed by atoms with E-state index in [1.54, 1.807) is 6.20 Å². The predicted molar refractivity (Wildman–Crippen MR) is 79.9 cm³/mol. The van der Waals surface area contributed by atoms with Gasteiger partial charge < -0.3 is 10.4 Å². The molecule has 102 valence electrons. The SMILES string of the molecule is Cc1ncc(C(=O)Nc2ccc(C#CCO)cc2C)s1. The minimum Gasteiger partial charge on any atom is -0.384 e. The van der Waals surface area contributed by atoms with Crippen molar-refractivity contribution in [2.75, 3.05) is 11.9 Å². The first-order valence-corrected chi connectivity index (χ1v) is 6.86. The summed E-state index contributed by atoms with van der Waals surface area (Å²) in [5.74, 6) is 5.26. The molecular weight excluding hydrogens is 272 g/mol. The van der Waals surface area contributed by atoms with E-state index in [1.807, 2.05) is 32.0 Å². The number of amides is 1. The van der Waals surface area contributed by atoms with Crippen molar-refractivity contribution in [1.82, 2.24) is 4.98 Å². The summed E-state index contributed by atoms with van der Waals surface area (Å²) in [5.41, 5.74) is 2.48. The Bertz CT molecular complexity index is 695. The van der Waals surface area contributed by atoms with Crippen LogP contribution in [-0.4, -0.2) is 22.6 Å². The van der Waals surface area contributed by atoms with E-state index in [0.29, 0.717) is 4.88 Å². The zero-order valence-electron chi connectivity index (χ0n) is 11.2. The van der Waals surface area contributed by atoms with Gasteiger partial charge in [0.2, 0.25) is 0 Å². The van der Waals surface area contributed by atoms with E-state index in [1.165, 1.54) is 11.3 Å². The third-order valence-corrected chi connectivity index (χ3v) is 3.54. The second-order valence-electron chi connectivity index (χ2n) is 4.19. The summed E-state index contributed by atoms with van der Waals surface area (Å²) >= 11 is 1.36. The van der Waals surface area contributed by atoms with Crippen LogP contribution in [0, 0.1) is 25.7 Å². The Morgan fingerprint density at radius 3 is 2.85 bits per heavy atom. The minimum atomic E-state index is -0.164. The number of aliphatic hydroxyl groups is 1. The number of carbonyl (C=O) groups excluding carboxylic acids is 1. The first-order chi connectivity index (χ1) is 9.60. The fraction of sp³-hybridized carbons (Fsp3) is 0.200. The monoisotopic (exact) mass is 286 g/mol. The average Bonchev–Trinajstić information content (AvgIpc) is 2.86. The molecule has 1 amide bonds. The number of nitrogens with one attached hydrogen (secondary N) is 1. The zero-order valence-corrected chi connectivity index (χ0v) is 12.0. The lowest BCUT2D eigenvalue weighted by Gasteiger charge is -2.07. The number of aryl methyl sites for hydroxylation is 2. The molecule has 0 radical (unpaired) electrons. The molecule has 1 aromatic heterocycles. The quantitative estimate of drug-likeness (QED) is 0.833. The van der Waals surface area contributed by atoms with Gasteiger partial charge in [-0.1, -0.05) is 11.8 Å². The normalized spacial score (nSPS) is 9.75. The molecule has 0 aliphatic carbocycles. The van der Waals surface area contributed by atoms with Crippen LogP contribution in [0.2, 0.25) is 0 Å². The molecule has 0 aliphatic heterocycles. The molecule has 0 spiro atoms. The maximum Gasteiger partial charge on any atom is 0.267 e. The van der Waals surface area contributed by atoms with Crippen molar-refractivity contribution in [3.8, 4) is 11.8 Å². The Balaban J connectivity index is 2.16. The highest BCUT2D eigenvalue weighted by Crippen LogP contribution is 2.19. The van der Waals surface area contributed by atoms with E-state index >= 15 is 0 Å². The number of carbonyl (C=O) groups is 1. The van der Waals surface area contributed by atoms with Crippen LogP contribution in [0.25, 0.3) is 0 Å². The molecule has 0 unspecified atom stereocenters. The summed E-state index contributed by atoms with van der Waals surface area (Å²) < 4.78 is 0. The number of rotatable bonds is 2. The van der Waals surface area contributed by atoms with Crippen LogP contribution in [0.5, 0.6) is 0 Å². The molecule has 1 heterocycles. The van der Waals surface area contributed by atoms with E-state index in [0.717, 1.165) is 21.8 Å². The Hall–Kier alpha value is -2.16. The van der Waals surface area contributed by atoms with Gasteiger partial charge in [0, 0.05) is 11.3 Å². The van der Waals surface area contributed by atoms with Gasteiger partial charge in [-0.25, -0.2) is 4.98 Å². The van der Waals surface area contributed by atoms with Crippen LogP contribution in [-0.2, 0) is 0 Å². The van der Waals surface area contributed by atoms with Gasteiger partial charge in [0.25, 0.3) is 5.91 Å². The maximum atomic E-state index is 12.0. The number of hydrogen-bond donors (Lipinski definition) is 2. The Morgan fingerprint density at radius 2 is 2.25 bits per heavy atom. The van der Waals surface area contributed by atoms with Crippen LogP contribution in [0.3, 0.4) is 0 Å². The highest BCUT2D eigenvalue weighted by Gasteiger charge is 2.10. The summed E-state index contributed by atoms with van der Waals surface area (Å²) in [7, 11) is 0. The molecule has 2 N–H and O–H groups in total. The molecular formula is C15H14N2O2S. The molecule has 0 atom stereocenters. The fourth-order valence-electron chi connectivity index (χ4n) is 1.67. The smallest absolute Gasteiger partial charge is 0.267 e. The third-order valence-electron chi connectivity index (χ3n) is 2.63. The van der Waals surface area contributed by atoms with Crippen molar-refractivity contribution in [3.63, 3.8) is 0 Å². The van der Waals surface area contributed by atoms with Crippen molar-refractivity contribution < 1.29 is 9.90 Å². The van der Waals surface area contributed by atoms with Crippen LogP contribution < -0.4 is 5.32 Å². The number of benzene rings is 1. The maximum absolute atomic E-state index is 12.0. The van der Waals surface area contributed by atoms with E-state index in [9.17, 15) is 4.79 Å². The molecule has 1 aromatic carbocycles. The van der Waals surface area contributed by atoms with Crippen LogP contribution >= 0.6 is 11.3 Å². The van der Waals surface area contributed by atoms with Crippen molar-refractivity contribution in [2.45, 2.75) is 13.8 Å². The first-order valence-electron chi connectivity index (χ1n) is 6.04. The lowest BCUT2D eigenvalue weighted by molar-refractivity contribution is 0.103. The highest BCUT2D eigenvalue weighted by molar-refractivity contribution is 7.13. The minimum absolute atomic E-state index is 0.159. The lowest BCUT2D eigenvalue weighted by Crippen LogP contribution is -2.11. The third kappa shape index (κ3) is 3.44. The lowest BCUT2D eigenvalue weighted by atomic mass is 10.1. The largest absolute Gasteiger partial charge is 0.384 e. The molecule has 0 aliphatic rings. The van der Waals surface area contributed by atoms with E-state index in [2.05, 4.69) is 22.1 Å². The van der Waals surface area contributed by atoms with Crippen LogP contribution in [0.15, 0.2) is 24.4 Å². The molecule has 4 nitrogen and oxygen atoms in total. The number of anilines is 1. The van der Waals surface area contributed by atoms with E-state index in [-0.39, 0.29) is 12.5 Å². The van der Waals surface area contributed by atoms with Gasteiger partial charge in [0.05, 0.1) is 11.2 Å². The summed E-state index contributed by atoms with van der Waals surface area (Å²) in [5, 5.41) is 12.4. The fourth-order valence-corrected chi connectivity index (χ4v) is 2.35. The van der Waals surface area contributed by atoms with Crippen LogP contribution in [0.4, 0.5) is 5.69 Å². The number of aliphatic hydroxyl groups excluding tert-OH is 1. The van der Waals surface area contributed by atoms with Crippen molar-refractivity contribution in [1.29, 1.82) is 0 Å². The van der Waals surface area contributed by atoms with Crippen molar-refractivity contribution in [3.05, 3.63) is 45.4 Å². The van der Waals surface area contributed by atoms with E-state index in [4.69, 9.17) is 5.11 Å². The van der Waals surface area contributed by atoms with Crippen LogP contribution in [0.1, 0.15) is 25.8 Å². The summed E-state index contributed by atoms with van der Waals surface area (Å²) in [4.78, 5) is 16.7. The van der Waals surface area contributed by atoms with Crippen molar-refractivity contribution >= 4 is 22.9 Å². The average molecular weight is 286 g/mol. The van der Waals surface area contributed by atoms with Gasteiger partial charge in [-0.3, -0.25) is 4.79 Å². The molecule has 0 bridgehead atoms. The number of hydrogen-bond acceptors (Lipinski definition) is 4. The molecule has 0 fully saturated rings. The standard InChI is InChI=1S/C15H14N2O2S/c1-10-8-12(4-3-7-18)5-6-13(10)17-15(19)14-9-16-11(2)20-14/h5-6,8-9,18H,7H2,1-2H3,(H,17,19). The summed E-state index contributed by atoms with van der Waals surface area (Å²) in [6.07, 6.45) is 1.58. The molecule has 20 heavy (non-hydrogen) atoms. The first kappa shape index (κ1) is 14.3. The number of thiazole rings is 1. The predicted octanol–water partition coefficient (Wildman–Crippen LogP) is 2.36. The topological polar surface area (TPSA) is 62.2 Å². The Morgan fingerprint density at radius 1 is 1.45 bits per heavy atom. The van der Waals surface area contributed by atoms with Gasteiger partial charge in [-0.15, -0.1) is 11.3 Å². The molecule has 2 rings (SSSR count). The zero-order chi connectivity index (χ0) is 14.5. The van der Waals surface area contributed by atoms with Gasteiger partial charge >= 0.3 is 0 Å². The summed E-state index contributed by atoms with van der Waals surface area (Å²) in [6, 6.07) is 5.49. The van der Waals surface area contributed by atoms with Gasteiger partial charge in [0.1, 0.15) is 11.5 Å². The Labute approximate surface area is 121 Å². The Kier molecular flexibility index (Phi) is 4.51. The molecule has 0 saturated heterocycles. The van der Waals surface area contributed by atoms with Gasteiger partial charge in [-0.2, -0.15) is 0 Å². The van der Waals surface area contributed by atoms with E-state index < -0.39 is 0 Å². The number of aromatic nitrogens is 1. The molecule has 2 aromatic rings. The molecule has 0 saturated carbocycles. The van der Waals surface area contributed by atoms with Crippen molar-refractivity contribution in [2.24, 2.45) is 0 Å². The second kappa shape index (κ2) is 6.33. The highest BCUT2D eigenvalue weighted by atomic mass is 32.1. The second-order valence-corrected chi connectivity index (χ2v) is 5.42.